The maximum atomic E-state index is 6.03. The monoisotopic (exact) mass is 312 g/mol. The fraction of sp³-hybridized carbons (Fsp3) is 0.643. The summed E-state index contributed by atoms with van der Waals surface area (Å²) < 4.78 is 7.06. The number of aromatic nitrogens is 1. The van der Waals surface area contributed by atoms with Gasteiger partial charge >= 0.3 is 0 Å². The lowest BCUT2D eigenvalue weighted by molar-refractivity contribution is -0.0870. The molecule has 3 nitrogen and oxygen atoms in total. The zero-order valence-electron chi connectivity index (χ0n) is 11.1. The molecule has 1 aromatic heterocycles. The number of ether oxygens (including phenoxy) is 1. The molecular weight excluding hydrogens is 292 g/mol. The molecule has 2 heterocycles. The molecule has 0 amide bonds. The fourth-order valence-electron chi connectivity index (χ4n) is 2.66. The summed E-state index contributed by atoms with van der Waals surface area (Å²) in [5, 5.41) is 3.41. The summed E-state index contributed by atoms with van der Waals surface area (Å²) in [4.78, 5) is 4.22. The highest BCUT2D eigenvalue weighted by Crippen LogP contribution is 2.29. The number of hydrogen-bond donors (Lipinski definition) is 1. The first-order valence-corrected chi connectivity index (χ1v) is 7.34. The predicted molar refractivity (Wildman–Crippen MR) is 76.7 cm³/mol. The number of pyridine rings is 1. The first-order chi connectivity index (χ1) is 8.64. The SMILES string of the molecule is CNC(Cc1cncc(Br)c1)C1(C)CCCCO1. The summed E-state index contributed by atoms with van der Waals surface area (Å²) in [5.41, 5.74) is 1.18. The van der Waals surface area contributed by atoms with Crippen LogP contribution in [-0.4, -0.2) is 30.3 Å². The van der Waals surface area contributed by atoms with Crippen LogP contribution in [0.3, 0.4) is 0 Å². The molecule has 2 atom stereocenters. The molecule has 0 spiro atoms. The highest BCUT2D eigenvalue weighted by atomic mass is 79.9. The van der Waals surface area contributed by atoms with Crippen LogP contribution in [0.1, 0.15) is 31.7 Å². The van der Waals surface area contributed by atoms with E-state index in [-0.39, 0.29) is 5.60 Å². The third kappa shape index (κ3) is 3.31. The topological polar surface area (TPSA) is 34.2 Å². The molecule has 1 aliphatic rings. The van der Waals surface area contributed by atoms with Gasteiger partial charge in [-0.15, -0.1) is 0 Å². The molecule has 18 heavy (non-hydrogen) atoms. The molecule has 0 saturated carbocycles. The molecule has 0 bridgehead atoms. The summed E-state index contributed by atoms with van der Waals surface area (Å²) >= 11 is 3.47. The minimum atomic E-state index is -0.0602. The highest BCUT2D eigenvalue weighted by Gasteiger charge is 2.35. The molecule has 1 aromatic rings. The van der Waals surface area contributed by atoms with E-state index < -0.39 is 0 Å². The molecule has 2 rings (SSSR count). The first kappa shape index (κ1) is 14.0. The Labute approximate surface area is 117 Å². The minimum absolute atomic E-state index is 0.0602. The van der Waals surface area contributed by atoms with Gasteiger partial charge in [0.05, 0.1) is 5.60 Å². The number of halogens is 1. The molecular formula is C14H21BrN2O. The van der Waals surface area contributed by atoms with Gasteiger partial charge in [-0.1, -0.05) is 0 Å². The lowest BCUT2D eigenvalue weighted by Crippen LogP contribution is -2.52. The van der Waals surface area contributed by atoms with Crippen molar-refractivity contribution in [2.24, 2.45) is 0 Å². The van der Waals surface area contributed by atoms with Crippen molar-refractivity contribution in [1.82, 2.24) is 10.3 Å². The van der Waals surface area contributed by atoms with E-state index >= 15 is 0 Å². The summed E-state index contributed by atoms with van der Waals surface area (Å²) in [6, 6.07) is 2.46. The van der Waals surface area contributed by atoms with Gasteiger partial charge in [0, 0.05) is 29.5 Å². The van der Waals surface area contributed by atoms with Crippen LogP contribution in [0.4, 0.5) is 0 Å². The van der Waals surface area contributed by atoms with Crippen LogP contribution in [0.25, 0.3) is 0 Å². The summed E-state index contributed by atoms with van der Waals surface area (Å²) in [6.07, 6.45) is 8.26. The van der Waals surface area contributed by atoms with Crippen LogP contribution < -0.4 is 5.32 Å². The van der Waals surface area contributed by atoms with Crippen molar-refractivity contribution in [3.63, 3.8) is 0 Å². The maximum absolute atomic E-state index is 6.03. The smallest absolute Gasteiger partial charge is 0.0809 e. The normalized spacial score (nSPS) is 25.9. The lowest BCUT2D eigenvalue weighted by atomic mass is 9.85. The largest absolute Gasteiger partial charge is 0.374 e. The minimum Gasteiger partial charge on any atom is -0.374 e. The Bertz CT molecular complexity index is 391. The fourth-order valence-corrected chi connectivity index (χ4v) is 3.07. The van der Waals surface area contributed by atoms with E-state index in [9.17, 15) is 0 Å². The zero-order chi connectivity index (χ0) is 13.0. The Kier molecular flexibility index (Phi) is 4.76. The van der Waals surface area contributed by atoms with E-state index in [4.69, 9.17) is 4.74 Å². The van der Waals surface area contributed by atoms with Crippen LogP contribution in [0.5, 0.6) is 0 Å². The molecule has 1 N–H and O–H groups in total. The first-order valence-electron chi connectivity index (χ1n) is 6.55. The number of nitrogens with zero attached hydrogens (tertiary/aromatic N) is 1. The zero-order valence-corrected chi connectivity index (χ0v) is 12.7. The van der Waals surface area contributed by atoms with Crippen LogP contribution in [0, 0.1) is 0 Å². The molecule has 1 aliphatic heterocycles. The second kappa shape index (κ2) is 6.13. The Balaban J connectivity index is 2.09. The quantitative estimate of drug-likeness (QED) is 0.928. The number of likely N-dealkylation sites (N-methyl/N-ethyl adjacent to an activating group) is 1. The van der Waals surface area contributed by atoms with E-state index in [0.717, 1.165) is 23.9 Å². The van der Waals surface area contributed by atoms with Crippen molar-refractivity contribution in [1.29, 1.82) is 0 Å². The number of nitrogens with one attached hydrogen (secondary N) is 1. The molecule has 4 heteroatoms. The van der Waals surface area contributed by atoms with Gasteiger partial charge in [0.25, 0.3) is 0 Å². The van der Waals surface area contributed by atoms with Crippen molar-refractivity contribution < 1.29 is 4.74 Å². The van der Waals surface area contributed by atoms with Gasteiger partial charge < -0.3 is 10.1 Å². The molecule has 0 aromatic carbocycles. The van der Waals surface area contributed by atoms with Crippen molar-refractivity contribution in [2.75, 3.05) is 13.7 Å². The van der Waals surface area contributed by atoms with Gasteiger partial charge in [-0.05, 0) is 67.2 Å². The van der Waals surface area contributed by atoms with Crippen molar-refractivity contribution in [3.8, 4) is 0 Å². The highest BCUT2D eigenvalue weighted by molar-refractivity contribution is 9.10. The summed E-state index contributed by atoms with van der Waals surface area (Å²) in [6.45, 7) is 3.10. The van der Waals surface area contributed by atoms with Gasteiger partial charge in [0.1, 0.15) is 0 Å². The Hall–Kier alpha value is -0.450. The van der Waals surface area contributed by atoms with Crippen molar-refractivity contribution in [3.05, 3.63) is 28.5 Å². The average Bonchev–Trinajstić information content (AvgIpc) is 2.37. The number of hydrogen-bond acceptors (Lipinski definition) is 3. The molecule has 2 unspecified atom stereocenters. The third-order valence-electron chi connectivity index (χ3n) is 3.79. The predicted octanol–water partition coefficient (Wildman–Crippen LogP) is 2.93. The Morgan fingerprint density at radius 1 is 1.50 bits per heavy atom. The van der Waals surface area contributed by atoms with Crippen LogP contribution in [-0.2, 0) is 11.2 Å². The van der Waals surface area contributed by atoms with Gasteiger partial charge in [-0.3, -0.25) is 4.98 Å². The van der Waals surface area contributed by atoms with Crippen LogP contribution >= 0.6 is 15.9 Å². The maximum Gasteiger partial charge on any atom is 0.0809 e. The van der Waals surface area contributed by atoms with E-state index in [2.05, 4.69) is 39.2 Å². The molecule has 1 saturated heterocycles. The third-order valence-corrected chi connectivity index (χ3v) is 4.22. The molecule has 0 radical (unpaired) electrons. The Morgan fingerprint density at radius 3 is 2.94 bits per heavy atom. The van der Waals surface area contributed by atoms with E-state index in [1.165, 1.54) is 18.4 Å². The van der Waals surface area contributed by atoms with Gasteiger partial charge in [0.15, 0.2) is 0 Å². The lowest BCUT2D eigenvalue weighted by Gasteiger charge is -2.40. The van der Waals surface area contributed by atoms with Crippen molar-refractivity contribution >= 4 is 15.9 Å². The van der Waals surface area contributed by atoms with Crippen LogP contribution in [0.15, 0.2) is 22.9 Å². The molecule has 100 valence electrons. The second-order valence-corrected chi connectivity index (χ2v) is 6.09. The molecule has 1 fully saturated rings. The van der Waals surface area contributed by atoms with E-state index in [1.54, 1.807) is 0 Å². The van der Waals surface area contributed by atoms with Gasteiger partial charge in [-0.25, -0.2) is 0 Å². The van der Waals surface area contributed by atoms with Crippen molar-refractivity contribution in [2.45, 2.75) is 44.2 Å². The molecule has 0 aliphatic carbocycles. The second-order valence-electron chi connectivity index (χ2n) is 5.18. The van der Waals surface area contributed by atoms with E-state index in [1.807, 2.05) is 19.4 Å². The number of rotatable bonds is 4. The average molecular weight is 313 g/mol. The van der Waals surface area contributed by atoms with Gasteiger partial charge in [-0.2, -0.15) is 0 Å². The van der Waals surface area contributed by atoms with Gasteiger partial charge in [0.2, 0.25) is 0 Å². The van der Waals surface area contributed by atoms with E-state index in [0.29, 0.717) is 6.04 Å². The summed E-state index contributed by atoms with van der Waals surface area (Å²) in [5.74, 6) is 0. The van der Waals surface area contributed by atoms with Crippen LogP contribution in [0.2, 0.25) is 0 Å². The Morgan fingerprint density at radius 2 is 2.33 bits per heavy atom. The standard InChI is InChI=1S/C14H21BrN2O/c1-14(5-3-4-6-18-14)13(16-2)8-11-7-12(15)10-17-9-11/h7,9-10,13,16H,3-6,8H2,1-2H3. The summed E-state index contributed by atoms with van der Waals surface area (Å²) in [7, 11) is 2.01.